The summed E-state index contributed by atoms with van der Waals surface area (Å²) >= 11 is 0. The van der Waals surface area contributed by atoms with E-state index in [1.54, 1.807) is 19.0 Å². The van der Waals surface area contributed by atoms with Gasteiger partial charge in [-0.3, -0.25) is 0 Å². The van der Waals surface area contributed by atoms with Crippen molar-refractivity contribution in [3.63, 3.8) is 0 Å². The van der Waals surface area contributed by atoms with Crippen molar-refractivity contribution in [1.82, 2.24) is 0 Å². The molecule has 6 nitrogen and oxygen atoms in total. The zero-order valence-electron chi connectivity index (χ0n) is 8.54. The minimum atomic E-state index is -3.58. The van der Waals surface area contributed by atoms with Gasteiger partial charge in [0.2, 0.25) is 0 Å². The Kier molecular flexibility index (Phi) is 3.24. The lowest BCUT2D eigenvalue weighted by molar-refractivity contribution is 0.468. The first kappa shape index (κ1) is 11.8. The number of anilines is 1. The number of aromatic hydroxyl groups is 1. The quantitative estimate of drug-likeness (QED) is 0.667. The smallest absolute Gasteiger partial charge is 0.385 e. The Bertz CT molecular complexity index is 402. The van der Waals surface area contributed by atoms with Gasteiger partial charge < -0.3 is 14.5 Å². The molecule has 0 unspecified atom stereocenters. The van der Waals surface area contributed by atoms with E-state index < -0.39 is 7.67 Å². The molecule has 0 fully saturated rings. The molecule has 1 rings (SSSR count). The molecule has 0 saturated carbocycles. The summed E-state index contributed by atoms with van der Waals surface area (Å²) in [6.45, 7) is 0. The van der Waals surface area contributed by atoms with Gasteiger partial charge in [0.15, 0.2) is 5.75 Å². The van der Waals surface area contributed by atoms with Crippen LogP contribution in [0.15, 0.2) is 18.2 Å². The van der Waals surface area contributed by atoms with Gasteiger partial charge in [-0.05, 0) is 12.1 Å². The summed E-state index contributed by atoms with van der Waals surface area (Å²) in [4.78, 5) is 1.69. The van der Waals surface area contributed by atoms with E-state index in [1.807, 2.05) is 0 Å². The molecule has 0 aliphatic heterocycles. The van der Waals surface area contributed by atoms with Crippen molar-refractivity contribution in [2.75, 3.05) is 19.0 Å². The normalized spacial score (nSPS) is 11.2. The second-order valence-corrected chi connectivity index (χ2v) is 4.76. The van der Waals surface area contributed by atoms with Crippen molar-refractivity contribution >= 4 is 13.4 Å². The number of hydrogen-bond acceptors (Lipinski definition) is 4. The standard InChI is InChI=1S/C8H14N3O3P/c1-11(2)7-5-6(12)3-4-8(7)14-15(9,10)13/h3-5,12H,1-2H3,(H4,9,10,13). The number of phenolic OH excluding ortho intramolecular Hbond substituents is 1. The average molecular weight is 231 g/mol. The number of nitrogens with two attached hydrogens (primary N) is 2. The molecule has 5 N–H and O–H groups in total. The van der Waals surface area contributed by atoms with E-state index in [2.05, 4.69) is 0 Å². The summed E-state index contributed by atoms with van der Waals surface area (Å²) in [6.07, 6.45) is 0. The molecule has 0 bridgehead atoms. The first-order valence-electron chi connectivity index (χ1n) is 4.17. The zero-order chi connectivity index (χ0) is 11.6. The van der Waals surface area contributed by atoms with Crippen LogP contribution in [0.5, 0.6) is 11.5 Å². The highest BCUT2D eigenvalue weighted by Gasteiger charge is 2.15. The molecular formula is C8H14N3O3P. The van der Waals surface area contributed by atoms with Gasteiger partial charge in [0.1, 0.15) is 5.75 Å². The van der Waals surface area contributed by atoms with Crippen molar-refractivity contribution in [2.45, 2.75) is 0 Å². The molecule has 0 aliphatic rings. The van der Waals surface area contributed by atoms with Gasteiger partial charge in [-0.2, -0.15) is 0 Å². The number of rotatable bonds is 3. The lowest BCUT2D eigenvalue weighted by atomic mass is 10.2. The summed E-state index contributed by atoms with van der Waals surface area (Å²) in [5, 5.41) is 9.27. The fourth-order valence-corrected chi connectivity index (χ4v) is 1.55. The third-order valence-corrected chi connectivity index (χ3v) is 2.15. The maximum absolute atomic E-state index is 11.1. The molecule has 0 aromatic heterocycles. The molecule has 1 aromatic rings. The summed E-state index contributed by atoms with van der Waals surface area (Å²) in [6, 6.07) is 4.32. The molecule has 0 aliphatic carbocycles. The minimum Gasteiger partial charge on any atom is -0.508 e. The second kappa shape index (κ2) is 4.10. The Morgan fingerprint density at radius 1 is 1.40 bits per heavy atom. The highest BCUT2D eigenvalue weighted by Crippen LogP contribution is 2.38. The molecule has 7 heteroatoms. The number of hydrogen-bond donors (Lipinski definition) is 3. The van der Waals surface area contributed by atoms with Gasteiger partial charge in [0.05, 0.1) is 5.69 Å². The van der Waals surface area contributed by atoms with Crippen molar-refractivity contribution in [3.05, 3.63) is 18.2 Å². The van der Waals surface area contributed by atoms with Crippen molar-refractivity contribution in [1.29, 1.82) is 0 Å². The maximum Gasteiger partial charge on any atom is 0.385 e. The van der Waals surface area contributed by atoms with Crippen LogP contribution >= 0.6 is 7.67 Å². The predicted molar refractivity (Wildman–Crippen MR) is 59.0 cm³/mol. The summed E-state index contributed by atoms with van der Waals surface area (Å²) in [7, 11) is -0.0785. The van der Waals surface area contributed by atoms with Crippen LogP contribution in [-0.4, -0.2) is 19.2 Å². The molecule has 0 radical (unpaired) electrons. The van der Waals surface area contributed by atoms with Crippen molar-refractivity contribution in [2.24, 2.45) is 11.0 Å². The highest BCUT2D eigenvalue weighted by atomic mass is 31.2. The third-order valence-electron chi connectivity index (χ3n) is 1.67. The number of nitrogens with zero attached hydrogens (tertiary/aromatic N) is 1. The maximum atomic E-state index is 11.1. The van der Waals surface area contributed by atoms with E-state index in [1.165, 1.54) is 18.2 Å². The largest absolute Gasteiger partial charge is 0.508 e. The van der Waals surface area contributed by atoms with E-state index >= 15 is 0 Å². The monoisotopic (exact) mass is 231 g/mol. The summed E-state index contributed by atoms with van der Waals surface area (Å²) < 4.78 is 16.0. The average Bonchev–Trinajstić information content (AvgIpc) is 2.05. The van der Waals surface area contributed by atoms with Crippen LogP contribution in [0.3, 0.4) is 0 Å². The van der Waals surface area contributed by atoms with Crippen LogP contribution < -0.4 is 20.4 Å². The molecular weight excluding hydrogens is 217 g/mol. The molecule has 0 spiro atoms. The molecule has 84 valence electrons. The fraction of sp³-hybridized carbons (Fsp3) is 0.250. The van der Waals surface area contributed by atoms with E-state index in [-0.39, 0.29) is 11.5 Å². The van der Waals surface area contributed by atoms with E-state index in [4.69, 9.17) is 15.5 Å². The summed E-state index contributed by atoms with van der Waals surface area (Å²) in [5.41, 5.74) is 10.8. The van der Waals surface area contributed by atoms with Crippen LogP contribution in [0.4, 0.5) is 5.69 Å². The van der Waals surface area contributed by atoms with Gasteiger partial charge >= 0.3 is 7.67 Å². The van der Waals surface area contributed by atoms with Crippen LogP contribution in [0.25, 0.3) is 0 Å². The van der Waals surface area contributed by atoms with Crippen LogP contribution in [-0.2, 0) is 4.57 Å². The number of phenols is 1. The molecule has 0 heterocycles. The van der Waals surface area contributed by atoms with Crippen LogP contribution in [0.1, 0.15) is 0 Å². The van der Waals surface area contributed by atoms with Gasteiger partial charge in [0.25, 0.3) is 0 Å². The first-order chi connectivity index (χ1) is 6.79. The van der Waals surface area contributed by atoms with Gasteiger partial charge in [-0.25, -0.2) is 15.6 Å². The van der Waals surface area contributed by atoms with Crippen LogP contribution in [0.2, 0.25) is 0 Å². The van der Waals surface area contributed by atoms with Crippen molar-refractivity contribution in [3.8, 4) is 11.5 Å². The Labute approximate surface area is 88.0 Å². The predicted octanol–water partition coefficient (Wildman–Crippen LogP) is 0.863. The van der Waals surface area contributed by atoms with Gasteiger partial charge in [0, 0.05) is 20.2 Å². The second-order valence-electron chi connectivity index (χ2n) is 3.28. The van der Waals surface area contributed by atoms with Crippen molar-refractivity contribution < 1.29 is 14.2 Å². The molecule has 0 saturated heterocycles. The first-order valence-corrected chi connectivity index (χ1v) is 5.93. The minimum absolute atomic E-state index is 0.0786. The Balaban J connectivity index is 3.12. The summed E-state index contributed by atoms with van der Waals surface area (Å²) in [5.74, 6) is 0.348. The van der Waals surface area contributed by atoms with Crippen LogP contribution in [0, 0.1) is 0 Å². The molecule has 1 aromatic carbocycles. The zero-order valence-corrected chi connectivity index (χ0v) is 9.44. The van der Waals surface area contributed by atoms with E-state index in [9.17, 15) is 9.67 Å². The van der Waals surface area contributed by atoms with E-state index in [0.717, 1.165) is 0 Å². The lowest BCUT2D eigenvalue weighted by Gasteiger charge is -2.19. The van der Waals surface area contributed by atoms with Gasteiger partial charge in [-0.15, -0.1) is 0 Å². The number of benzene rings is 1. The molecule has 15 heavy (non-hydrogen) atoms. The Morgan fingerprint density at radius 2 is 2.00 bits per heavy atom. The fourth-order valence-electron chi connectivity index (χ4n) is 1.09. The van der Waals surface area contributed by atoms with E-state index in [0.29, 0.717) is 5.69 Å². The third kappa shape index (κ3) is 3.43. The SMILES string of the molecule is CN(C)c1cc(O)ccc1OP(N)(N)=O. The topological polar surface area (TPSA) is 102 Å². The Morgan fingerprint density at radius 3 is 2.47 bits per heavy atom. The Hall–Kier alpha value is -1.23. The molecule has 0 atom stereocenters. The lowest BCUT2D eigenvalue weighted by Crippen LogP contribution is -2.14. The highest BCUT2D eigenvalue weighted by molar-refractivity contribution is 7.54. The molecule has 0 amide bonds. The van der Waals surface area contributed by atoms with Gasteiger partial charge in [-0.1, -0.05) is 0 Å².